The summed E-state index contributed by atoms with van der Waals surface area (Å²) in [4.78, 5) is 10.8. The third-order valence-corrected chi connectivity index (χ3v) is 2.13. The van der Waals surface area contributed by atoms with E-state index in [1.807, 2.05) is 0 Å². The van der Waals surface area contributed by atoms with Crippen LogP contribution < -0.4 is 5.32 Å². The number of carbonyl (C=O) groups excluding carboxylic acids is 1. The average molecular weight is 206 g/mol. The minimum atomic E-state index is 0.00584. The van der Waals surface area contributed by atoms with Crippen LogP contribution in [0, 0.1) is 12.3 Å². The van der Waals surface area contributed by atoms with Gasteiger partial charge in [-0.1, -0.05) is 5.92 Å². The Morgan fingerprint density at radius 1 is 1.67 bits per heavy atom. The van der Waals surface area contributed by atoms with Crippen molar-refractivity contribution in [1.29, 1.82) is 0 Å². The van der Waals surface area contributed by atoms with Gasteiger partial charge in [0, 0.05) is 24.6 Å². The van der Waals surface area contributed by atoms with Crippen LogP contribution in [0.5, 0.6) is 0 Å². The lowest BCUT2D eigenvalue weighted by Gasteiger charge is -2.01. The Morgan fingerprint density at radius 3 is 3.00 bits per heavy atom. The van der Waals surface area contributed by atoms with E-state index in [2.05, 4.69) is 11.2 Å². The molecule has 0 spiro atoms. The van der Waals surface area contributed by atoms with Crippen LogP contribution >= 0.6 is 23.4 Å². The molecular formula is C8H12ClNOS. The second-order valence-electron chi connectivity index (χ2n) is 2.05. The molecule has 0 aromatic carbocycles. The summed E-state index contributed by atoms with van der Waals surface area (Å²) >= 11 is 7.00. The summed E-state index contributed by atoms with van der Waals surface area (Å²) in [5.74, 6) is 4.45. The summed E-state index contributed by atoms with van der Waals surface area (Å²) in [6.45, 7) is 0.669. The van der Waals surface area contributed by atoms with Gasteiger partial charge >= 0.3 is 0 Å². The molecule has 0 saturated heterocycles. The molecule has 0 saturated carbocycles. The van der Waals surface area contributed by atoms with Gasteiger partial charge in [0.05, 0.1) is 5.75 Å². The third kappa shape index (κ3) is 7.77. The highest BCUT2D eigenvalue weighted by molar-refractivity contribution is 7.99. The maximum absolute atomic E-state index is 10.8. The monoisotopic (exact) mass is 205 g/mol. The summed E-state index contributed by atoms with van der Waals surface area (Å²) < 4.78 is 0. The molecule has 68 valence electrons. The van der Waals surface area contributed by atoms with Gasteiger partial charge in [0.25, 0.3) is 0 Å². The van der Waals surface area contributed by atoms with E-state index in [9.17, 15) is 4.79 Å². The fourth-order valence-corrected chi connectivity index (χ4v) is 1.25. The van der Waals surface area contributed by atoms with Crippen LogP contribution in [0.25, 0.3) is 0 Å². The highest BCUT2D eigenvalue weighted by Gasteiger charge is 1.97. The lowest BCUT2D eigenvalue weighted by atomic mass is 10.4. The van der Waals surface area contributed by atoms with Crippen molar-refractivity contribution < 1.29 is 4.79 Å². The van der Waals surface area contributed by atoms with Gasteiger partial charge in [-0.15, -0.1) is 29.8 Å². The first-order valence-electron chi connectivity index (χ1n) is 3.65. The minimum Gasteiger partial charge on any atom is -0.355 e. The van der Waals surface area contributed by atoms with Gasteiger partial charge in [-0.05, 0) is 0 Å². The zero-order valence-electron chi connectivity index (χ0n) is 6.81. The first-order valence-corrected chi connectivity index (χ1v) is 5.34. The highest BCUT2D eigenvalue weighted by Crippen LogP contribution is 1.95. The molecule has 0 fully saturated rings. The molecule has 0 aliphatic rings. The van der Waals surface area contributed by atoms with Crippen LogP contribution in [-0.2, 0) is 4.79 Å². The number of hydrogen-bond donors (Lipinski definition) is 1. The second kappa shape index (κ2) is 8.76. The van der Waals surface area contributed by atoms with Crippen molar-refractivity contribution in [3.8, 4) is 12.3 Å². The molecule has 0 aliphatic heterocycles. The molecule has 1 amide bonds. The molecule has 0 heterocycles. The van der Waals surface area contributed by atoms with Gasteiger partial charge in [-0.3, -0.25) is 4.79 Å². The number of thioether (sulfide) groups is 1. The number of carbonyl (C=O) groups is 1. The number of hydrogen-bond acceptors (Lipinski definition) is 2. The second-order valence-corrected chi connectivity index (χ2v) is 3.53. The maximum Gasteiger partial charge on any atom is 0.221 e. The summed E-state index contributed by atoms with van der Waals surface area (Å²) in [7, 11) is 0. The molecule has 0 radical (unpaired) electrons. The van der Waals surface area contributed by atoms with Crippen molar-refractivity contribution in [3.63, 3.8) is 0 Å². The Morgan fingerprint density at radius 2 is 2.42 bits per heavy atom. The molecule has 0 aromatic rings. The number of halogens is 1. The third-order valence-electron chi connectivity index (χ3n) is 1.08. The molecule has 0 aromatic heterocycles. The molecule has 0 bridgehead atoms. The van der Waals surface area contributed by atoms with Gasteiger partial charge in [0.2, 0.25) is 5.91 Å². The van der Waals surface area contributed by atoms with Crippen molar-refractivity contribution >= 4 is 29.3 Å². The van der Waals surface area contributed by atoms with Crippen LogP contribution in [-0.4, -0.2) is 29.8 Å². The zero-order chi connectivity index (χ0) is 9.23. The average Bonchev–Trinajstić information content (AvgIpc) is 2.05. The topological polar surface area (TPSA) is 29.1 Å². The van der Waals surface area contributed by atoms with Gasteiger partial charge in [-0.25, -0.2) is 0 Å². The van der Waals surface area contributed by atoms with Crippen LogP contribution in [0.2, 0.25) is 0 Å². The Balaban J connectivity index is 3.09. The molecule has 2 nitrogen and oxygen atoms in total. The normalized spacial score (nSPS) is 9.00. The lowest BCUT2D eigenvalue weighted by molar-refractivity contribution is -0.120. The molecule has 0 rings (SSSR count). The van der Waals surface area contributed by atoms with Crippen LogP contribution in [0.1, 0.15) is 6.42 Å². The minimum absolute atomic E-state index is 0.00584. The van der Waals surface area contributed by atoms with Crippen LogP contribution in [0.4, 0.5) is 0 Å². The Labute approximate surface area is 82.4 Å². The fraction of sp³-hybridized carbons (Fsp3) is 0.625. The van der Waals surface area contributed by atoms with E-state index >= 15 is 0 Å². The van der Waals surface area contributed by atoms with Crippen LogP contribution in [0.15, 0.2) is 0 Å². The number of rotatable bonds is 6. The molecule has 12 heavy (non-hydrogen) atoms. The summed E-state index contributed by atoms with van der Waals surface area (Å²) in [6, 6.07) is 0. The van der Waals surface area contributed by atoms with E-state index in [0.29, 0.717) is 24.6 Å². The Bertz CT molecular complexity index is 167. The quantitative estimate of drug-likeness (QED) is 0.400. The molecule has 0 unspecified atom stereocenters. The molecule has 0 atom stereocenters. The lowest BCUT2D eigenvalue weighted by Crippen LogP contribution is -2.25. The molecule has 0 aliphatic carbocycles. The van der Waals surface area contributed by atoms with E-state index in [-0.39, 0.29) is 5.91 Å². The van der Waals surface area contributed by atoms with Gasteiger partial charge in [0.1, 0.15) is 0 Å². The summed E-state index contributed by atoms with van der Waals surface area (Å²) in [5, 5.41) is 2.73. The number of amides is 1. The van der Waals surface area contributed by atoms with Gasteiger partial charge in [-0.2, -0.15) is 0 Å². The number of nitrogens with one attached hydrogen (secondary N) is 1. The molecular weight excluding hydrogens is 194 g/mol. The first-order chi connectivity index (χ1) is 5.81. The first kappa shape index (κ1) is 11.7. The Kier molecular flexibility index (Phi) is 8.52. The van der Waals surface area contributed by atoms with E-state index in [1.54, 1.807) is 11.8 Å². The maximum atomic E-state index is 10.8. The van der Waals surface area contributed by atoms with Crippen molar-refractivity contribution in [1.82, 2.24) is 5.32 Å². The molecule has 1 N–H and O–H groups in total. The van der Waals surface area contributed by atoms with Crippen molar-refractivity contribution in [2.45, 2.75) is 6.42 Å². The van der Waals surface area contributed by atoms with Crippen molar-refractivity contribution in [2.75, 3.05) is 23.9 Å². The zero-order valence-corrected chi connectivity index (χ0v) is 8.38. The predicted octanol–water partition coefficient (Wildman–Crippen LogP) is 1.10. The summed E-state index contributed by atoms with van der Waals surface area (Å²) in [5.41, 5.74) is 0. The van der Waals surface area contributed by atoms with E-state index < -0.39 is 0 Å². The largest absolute Gasteiger partial charge is 0.355 e. The van der Waals surface area contributed by atoms with E-state index in [0.717, 1.165) is 5.75 Å². The predicted molar refractivity (Wildman–Crippen MR) is 54.5 cm³/mol. The van der Waals surface area contributed by atoms with Gasteiger partial charge < -0.3 is 5.32 Å². The number of terminal acetylenes is 1. The van der Waals surface area contributed by atoms with Crippen molar-refractivity contribution in [2.24, 2.45) is 0 Å². The summed E-state index contributed by atoms with van der Waals surface area (Å²) in [6.07, 6.45) is 5.43. The highest BCUT2D eigenvalue weighted by atomic mass is 35.5. The van der Waals surface area contributed by atoms with Crippen LogP contribution in [0.3, 0.4) is 0 Å². The van der Waals surface area contributed by atoms with Gasteiger partial charge in [0.15, 0.2) is 0 Å². The SMILES string of the molecule is C#CCSCCNC(=O)CCCl. The number of alkyl halides is 1. The smallest absolute Gasteiger partial charge is 0.221 e. The van der Waals surface area contributed by atoms with E-state index in [4.69, 9.17) is 18.0 Å². The Hall–Kier alpha value is -0.330. The standard InChI is InChI=1S/C8H12ClNOS/c1-2-6-12-7-5-10-8(11)3-4-9/h1H,3-7H2,(H,10,11). The van der Waals surface area contributed by atoms with Crippen molar-refractivity contribution in [3.05, 3.63) is 0 Å². The van der Waals surface area contributed by atoms with E-state index in [1.165, 1.54) is 0 Å². The molecule has 4 heteroatoms. The fourth-order valence-electron chi connectivity index (χ4n) is 0.568.